The van der Waals surface area contributed by atoms with Gasteiger partial charge in [0.2, 0.25) is 0 Å². The highest BCUT2D eigenvalue weighted by Gasteiger charge is 2.23. The molecule has 20 heavy (non-hydrogen) atoms. The van der Waals surface area contributed by atoms with Crippen molar-refractivity contribution in [2.75, 3.05) is 18.0 Å². The molecule has 1 atom stereocenters. The molecule has 2 aromatic rings. The first kappa shape index (κ1) is 14.3. The van der Waals surface area contributed by atoms with Crippen molar-refractivity contribution in [2.24, 2.45) is 5.92 Å². The summed E-state index contributed by atoms with van der Waals surface area (Å²) in [7, 11) is 0. The lowest BCUT2D eigenvalue weighted by atomic mass is 10.1. The molecule has 0 aliphatic carbocycles. The molecule has 0 amide bonds. The second-order valence-electron chi connectivity index (χ2n) is 4.90. The van der Waals surface area contributed by atoms with E-state index in [9.17, 15) is 0 Å². The molecule has 1 aromatic carbocycles. The fourth-order valence-corrected chi connectivity index (χ4v) is 2.56. The monoisotopic (exact) mass is 267 g/mol. The number of nitrogens with zero attached hydrogens (tertiary/aromatic N) is 3. The van der Waals surface area contributed by atoms with Gasteiger partial charge in [-0.05, 0) is 30.4 Å². The number of aryl methyl sites for hydroxylation is 1. The Morgan fingerprint density at radius 2 is 2.15 bits per heavy atom. The maximum Gasteiger partial charge on any atom is 0.129 e. The smallest absolute Gasteiger partial charge is 0.129 e. The van der Waals surface area contributed by atoms with Gasteiger partial charge in [0.05, 0.1) is 12.0 Å². The van der Waals surface area contributed by atoms with Gasteiger partial charge in [-0.25, -0.2) is 4.98 Å². The van der Waals surface area contributed by atoms with E-state index in [0.29, 0.717) is 0 Å². The topological polar surface area (TPSA) is 39.9 Å². The lowest BCUT2D eigenvalue weighted by molar-refractivity contribution is 0.754. The number of anilines is 1. The molecular weight excluding hydrogens is 246 g/mol. The Balaban J connectivity index is 0.000000704. The Kier molecular flexibility index (Phi) is 4.57. The Bertz CT molecular complexity index is 628. The van der Waals surface area contributed by atoms with Crippen LogP contribution >= 0.6 is 0 Å². The molecule has 0 spiro atoms. The molecule has 3 nitrogen and oxygen atoms in total. The van der Waals surface area contributed by atoms with E-state index in [0.717, 1.165) is 25.3 Å². The summed E-state index contributed by atoms with van der Waals surface area (Å²) < 4.78 is 0. The van der Waals surface area contributed by atoms with Crippen molar-refractivity contribution < 1.29 is 0 Å². The van der Waals surface area contributed by atoms with Crippen LogP contribution in [0.2, 0.25) is 0 Å². The standard InChI is InChI=1S/C15H15N3.C2H6/c1-11-3-2-4-13-7-15(17-9-14(11)13)18-6-5-12(8-16)10-18;1-2/h2-4,7,9,12H,5-6,10H2,1H3;1-2H3. The SMILES string of the molecule is CC.Cc1cccc2cc(N3CCC(C#N)C3)ncc12. The van der Waals surface area contributed by atoms with Gasteiger partial charge in [0.15, 0.2) is 0 Å². The van der Waals surface area contributed by atoms with Crippen LogP contribution in [0.15, 0.2) is 30.5 Å². The van der Waals surface area contributed by atoms with Gasteiger partial charge in [-0.2, -0.15) is 5.26 Å². The molecule has 1 fully saturated rings. The van der Waals surface area contributed by atoms with Gasteiger partial charge in [-0.15, -0.1) is 0 Å². The molecule has 0 saturated carbocycles. The van der Waals surface area contributed by atoms with E-state index in [-0.39, 0.29) is 5.92 Å². The van der Waals surface area contributed by atoms with E-state index in [1.165, 1.54) is 16.3 Å². The number of fused-ring (bicyclic) bond motifs is 1. The molecule has 0 bridgehead atoms. The Hall–Kier alpha value is -2.08. The molecule has 0 N–H and O–H groups in total. The van der Waals surface area contributed by atoms with Crippen LogP contribution < -0.4 is 4.90 Å². The quantitative estimate of drug-likeness (QED) is 0.786. The number of hydrogen-bond donors (Lipinski definition) is 0. The average Bonchev–Trinajstić information content (AvgIpc) is 2.98. The molecule has 1 unspecified atom stereocenters. The predicted molar refractivity (Wildman–Crippen MR) is 83.8 cm³/mol. The summed E-state index contributed by atoms with van der Waals surface area (Å²) in [6.45, 7) is 7.84. The van der Waals surface area contributed by atoms with Crippen molar-refractivity contribution in [2.45, 2.75) is 27.2 Å². The third-order valence-electron chi connectivity index (χ3n) is 3.66. The van der Waals surface area contributed by atoms with Crippen molar-refractivity contribution in [3.05, 3.63) is 36.0 Å². The summed E-state index contributed by atoms with van der Waals surface area (Å²) in [6.07, 6.45) is 2.89. The zero-order valence-electron chi connectivity index (χ0n) is 12.4. The molecule has 3 rings (SSSR count). The van der Waals surface area contributed by atoms with Crippen LogP contribution in [-0.4, -0.2) is 18.1 Å². The number of benzene rings is 1. The van der Waals surface area contributed by atoms with Crippen molar-refractivity contribution in [3.63, 3.8) is 0 Å². The zero-order chi connectivity index (χ0) is 14.5. The number of aromatic nitrogens is 1. The largest absolute Gasteiger partial charge is 0.355 e. The highest BCUT2D eigenvalue weighted by atomic mass is 15.2. The zero-order valence-corrected chi connectivity index (χ0v) is 12.4. The van der Waals surface area contributed by atoms with E-state index < -0.39 is 0 Å². The molecule has 104 valence electrons. The van der Waals surface area contributed by atoms with E-state index in [4.69, 9.17) is 5.26 Å². The summed E-state index contributed by atoms with van der Waals surface area (Å²) in [4.78, 5) is 6.74. The van der Waals surface area contributed by atoms with Crippen LogP contribution in [-0.2, 0) is 0 Å². The molecule has 1 aliphatic rings. The summed E-state index contributed by atoms with van der Waals surface area (Å²) in [5, 5.41) is 11.4. The van der Waals surface area contributed by atoms with E-state index >= 15 is 0 Å². The first-order chi connectivity index (χ1) is 9.78. The van der Waals surface area contributed by atoms with Crippen LogP contribution in [0.4, 0.5) is 5.82 Å². The van der Waals surface area contributed by atoms with Gasteiger partial charge in [0.1, 0.15) is 5.82 Å². The van der Waals surface area contributed by atoms with E-state index in [1.54, 1.807) is 0 Å². The third-order valence-corrected chi connectivity index (χ3v) is 3.66. The van der Waals surface area contributed by atoms with Crippen molar-refractivity contribution in [3.8, 4) is 6.07 Å². The molecule has 2 heterocycles. The van der Waals surface area contributed by atoms with E-state index in [2.05, 4.69) is 47.1 Å². The Labute approximate surface area is 120 Å². The molecule has 1 aliphatic heterocycles. The summed E-state index contributed by atoms with van der Waals surface area (Å²) in [5.41, 5.74) is 1.25. The lowest BCUT2D eigenvalue weighted by Crippen LogP contribution is -2.20. The molecule has 3 heteroatoms. The molecule has 0 radical (unpaired) electrons. The van der Waals surface area contributed by atoms with Gasteiger partial charge in [-0.3, -0.25) is 0 Å². The van der Waals surface area contributed by atoms with Crippen LogP contribution in [0.1, 0.15) is 25.8 Å². The van der Waals surface area contributed by atoms with Gasteiger partial charge < -0.3 is 4.90 Å². The van der Waals surface area contributed by atoms with Crippen LogP contribution in [0.25, 0.3) is 10.8 Å². The summed E-state index contributed by atoms with van der Waals surface area (Å²) >= 11 is 0. The molecule has 1 aromatic heterocycles. The normalized spacial score (nSPS) is 17.5. The minimum Gasteiger partial charge on any atom is -0.355 e. The van der Waals surface area contributed by atoms with Gasteiger partial charge in [-0.1, -0.05) is 32.0 Å². The molecule has 1 saturated heterocycles. The lowest BCUT2D eigenvalue weighted by Gasteiger charge is -2.17. The predicted octanol–water partition coefficient (Wildman–Crippen LogP) is 3.92. The highest BCUT2D eigenvalue weighted by Crippen LogP contribution is 2.25. The number of pyridine rings is 1. The van der Waals surface area contributed by atoms with Crippen LogP contribution in [0.3, 0.4) is 0 Å². The van der Waals surface area contributed by atoms with Crippen LogP contribution in [0, 0.1) is 24.2 Å². The maximum absolute atomic E-state index is 8.94. The average molecular weight is 267 g/mol. The number of nitriles is 1. The first-order valence-electron chi connectivity index (χ1n) is 7.28. The van der Waals surface area contributed by atoms with Crippen molar-refractivity contribution in [1.82, 2.24) is 4.98 Å². The van der Waals surface area contributed by atoms with Gasteiger partial charge >= 0.3 is 0 Å². The Morgan fingerprint density at radius 1 is 1.35 bits per heavy atom. The highest BCUT2D eigenvalue weighted by molar-refractivity contribution is 5.86. The molecular formula is C17H21N3. The van der Waals surface area contributed by atoms with Gasteiger partial charge in [0.25, 0.3) is 0 Å². The minimum absolute atomic E-state index is 0.153. The summed E-state index contributed by atoms with van der Waals surface area (Å²) in [5.74, 6) is 1.14. The fraction of sp³-hybridized carbons (Fsp3) is 0.412. The summed E-state index contributed by atoms with van der Waals surface area (Å²) in [6, 6.07) is 10.8. The van der Waals surface area contributed by atoms with Crippen molar-refractivity contribution >= 4 is 16.6 Å². The second kappa shape index (κ2) is 6.38. The van der Waals surface area contributed by atoms with E-state index in [1.807, 2.05) is 20.0 Å². The Morgan fingerprint density at radius 3 is 2.85 bits per heavy atom. The third kappa shape index (κ3) is 2.75. The first-order valence-corrected chi connectivity index (χ1v) is 7.28. The second-order valence-corrected chi connectivity index (χ2v) is 4.90. The minimum atomic E-state index is 0.153. The maximum atomic E-state index is 8.94. The van der Waals surface area contributed by atoms with Crippen LogP contribution in [0.5, 0.6) is 0 Å². The van der Waals surface area contributed by atoms with Crippen molar-refractivity contribution in [1.29, 1.82) is 5.26 Å². The number of rotatable bonds is 1. The van der Waals surface area contributed by atoms with Gasteiger partial charge in [0, 0.05) is 24.7 Å². The number of hydrogen-bond acceptors (Lipinski definition) is 3. The fourth-order valence-electron chi connectivity index (χ4n) is 2.56.